The first kappa shape index (κ1) is 12.5. The van der Waals surface area contributed by atoms with Crippen molar-refractivity contribution >= 4 is 28.1 Å². The lowest BCUT2D eigenvalue weighted by molar-refractivity contribution is 0.0995. The van der Waals surface area contributed by atoms with Gasteiger partial charge in [0.15, 0.2) is 0 Å². The van der Waals surface area contributed by atoms with Gasteiger partial charge in [0.05, 0.1) is 16.6 Å². The number of fused-ring (bicyclic) bond motifs is 3. The molecular weight excluding hydrogens is 276 g/mol. The van der Waals surface area contributed by atoms with E-state index in [4.69, 9.17) is 0 Å². The molecule has 22 heavy (non-hydrogen) atoms. The second-order valence-electron chi connectivity index (χ2n) is 4.91. The fourth-order valence-electron chi connectivity index (χ4n) is 2.57. The van der Waals surface area contributed by atoms with E-state index in [1.807, 2.05) is 47.1 Å². The summed E-state index contributed by atoms with van der Waals surface area (Å²) in [6.07, 6.45) is 3.79. The molecule has 0 bridgehead atoms. The average Bonchev–Trinajstić information content (AvgIpc) is 3.15. The van der Waals surface area contributed by atoms with Crippen LogP contribution in [-0.4, -0.2) is 15.3 Å². The highest BCUT2D eigenvalue weighted by Gasteiger charge is 2.12. The maximum absolute atomic E-state index is 12.1. The predicted octanol–water partition coefficient (Wildman–Crippen LogP) is 4.34. The summed E-state index contributed by atoms with van der Waals surface area (Å²) in [5, 5.41) is 8.06. The number of rotatable bonds is 2. The van der Waals surface area contributed by atoms with E-state index in [1.165, 1.54) is 0 Å². The smallest absolute Gasteiger partial charge is 0.295 e. The first-order chi connectivity index (χ1) is 10.8. The summed E-state index contributed by atoms with van der Waals surface area (Å²) in [6, 6.07) is 16.7. The molecule has 1 N–H and O–H groups in total. The Hall–Kier alpha value is -3.21. The van der Waals surface area contributed by atoms with Crippen LogP contribution in [0.15, 0.2) is 77.2 Å². The van der Waals surface area contributed by atoms with E-state index in [1.54, 1.807) is 24.3 Å². The van der Waals surface area contributed by atoms with E-state index in [-0.39, 0.29) is 5.91 Å². The van der Waals surface area contributed by atoms with Crippen molar-refractivity contribution in [2.45, 2.75) is 0 Å². The van der Waals surface area contributed by atoms with Crippen molar-refractivity contribution in [1.29, 1.82) is 0 Å². The van der Waals surface area contributed by atoms with Crippen molar-refractivity contribution in [2.75, 3.05) is 0 Å². The van der Waals surface area contributed by atoms with Crippen LogP contribution in [0.4, 0.5) is 5.69 Å². The highest BCUT2D eigenvalue weighted by molar-refractivity contribution is 6.00. The number of hydrogen-bond donors (Lipinski definition) is 1. The monoisotopic (exact) mass is 288 g/mol. The lowest BCUT2D eigenvalue weighted by Gasteiger charge is -1.93. The summed E-state index contributed by atoms with van der Waals surface area (Å²) >= 11 is 0. The number of benzene rings is 1. The molecule has 4 rings (SSSR count). The Bertz CT molecular complexity index is 995. The number of nitrogens with zero attached hydrogens (tertiary/aromatic N) is 3. The summed E-state index contributed by atoms with van der Waals surface area (Å²) in [6.45, 7) is 0. The van der Waals surface area contributed by atoms with Gasteiger partial charge in [-0.15, -0.1) is 10.2 Å². The third-order valence-corrected chi connectivity index (χ3v) is 3.58. The topological polar surface area (TPSA) is 62.0 Å². The molecule has 4 aromatic rings. The van der Waals surface area contributed by atoms with Crippen molar-refractivity contribution < 1.29 is 4.79 Å². The van der Waals surface area contributed by atoms with Crippen molar-refractivity contribution in [2.24, 2.45) is 10.2 Å². The van der Waals surface area contributed by atoms with Gasteiger partial charge in [0.1, 0.15) is 5.69 Å². The summed E-state index contributed by atoms with van der Waals surface area (Å²) in [4.78, 5) is 15.2. The Balaban J connectivity index is 1.82. The largest absolute Gasteiger partial charge is 0.358 e. The van der Waals surface area contributed by atoms with Gasteiger partial charge in [-0.1, -0.05) is 18.2 Å². The quantitative estimate of drug-likeness (QED) is 0.548. The lowest BCUT2D eigenvalue weighted by atomic mass is 10.2. The Labute approximate surface area is 125 Å². The molecule has 1 aromatic carbocycles. The number of pyridine rings is 1. The van der Waals surface area contributed by atoms with Gasteiger partial charge in [0, 0.05) is 18.0 Å². The lowest BCUT2D eigenvalue weighted by Crippen LogP contribution is -1.91. The van der Waals surface area contributed by atoms with Crippen LogP contribution < -0.4 is 0 Å². The Morgan fingerprint density at radius 2 is 1.77 bits per heavy atom. The molecule has 0 unspecified atom stereocenters. The molecule has 0 saturated carbocycles. The second-order valence-corrected chi connectivity index (χ2v) is 4.91. The first-order valence-corrected chi connectivity index (χ1v) is 6.92. The van der Waals surface area contributed by atoms with Crippen LogP contribution in [-0.2, 0) is 0 Å². The molecule has 0 aliphatic rings. The number of carbonyl (C=O) groups is 1. The molecule has 3 heterocycles. The van der Waals surface area contributed by atoms with E-state index in [2.05, 4.69) is 15.2 Å². The number of azo groups is 1. The van der Waals surface area contributed by atoms with Crippen LogP contribution in [0.25, 0.3) is 16.6 Å². The number of aromatic nitrogens is 2. The Kier molecular flexibility index (Phi) is 2.83. The van der Waals surface area contributed by atoms with Gasteiger partial charge in [0.25, 0.3) is 5.91 Å². The maximum atomic E-state index is 12.1. The van der Waals surface area contributed by atoms with Crippen molar-refractivity contribution in [3.05, 3.63) is 72.6 Å². The van der Waals surface area contributed by atoms with E-state index in [9.17, 15) is 4.79 Å². The minimum absolute atomic E-state index is 0.351. The summed E-state index contributed by atoms with van der Waals surface area (Å²) in [5.41, 5.74) is 3.98. The van der Waals surface area contributed by atoms with Crippen LogP contribution in [0.5, 0.6) is 0 Å². The molecule has 106 valence electrons. The average molecular weight is 288 g/mol. The molecule has 0 spiro atoms. The molecule has 0 radical (unpaired) electrons. The molecule has 5 heteroatoms. The molecule has 1 amide bonds. The van der Waals surface area contributed by atoms with Gasteiger partial charge in [-0.3, -0.25) is 4.79 Å². The second kappa shape index (κ2) is 4.96. The number of H-pyrrole nitrogens is 1. The van der Waals surface area contributed by atoms with Crippen LogP contribution in [0, 0.1) is 0 Å². The number of amides is 1. The number of carbonyl (C=O) groups excluding carboxylic acids is 1. The Morgan fingerprint density at radius 3 is 2.64 bits per heavy atom. The van der Waals surface area contributed by atoms with E-state index in [0.717, 1.165) is 16.6 Å². The first-order valence-electron chi connectivity index (χ1n) is 6.92. The third-order valence-electron chi connectivity index (χ3n) is 3.58. The third kappa shape index (κ3) is 1.91. The minimum Gasteiger partial charge on any atom is -0.358 e. The summed E-state index contributed by atoms with van der Waals surface area (Å²) < 4.78 is 2.02. The van der Waals surface area contributed by atoms with Crippen LogP contribution in [0.1, 0.15) is 10.4 Å². The van der Waals surface area contributed by atoms with E-state index >= 15 is 0 Å². The van der Waals surface area contributed by atoms with Crippen molar-refractivity contribution in [3.8, 4) is 0 Å². The van der Waals surface area contributed by atoms with Gasteiger partial charge < -0.3 is 9.38 Å². The molecular formula is C17H12N4O. The zero-order valence-electron chi connectivity index (χ0n) is 11.6. The van der Waals surface area contributed by atoms with Crippen LogP contribution >= 0.6 is 0 Å². The number of hydrogen-bond acceptors (Lipinski definition) is 2. The molecule has 0 atom stereocenters. The molecule has 3 aromatic heterocycles. The summed E-state index contributed by atoms with van der Waals surface area (Å²) in [5.74, 6) is -0.351. The molecule has 0 saturated heterocycles. The molecule has 5 nitrogen and oxygen atoms in total. The van der Waals surface area contributed by atoms with Crippen molar-refractivity contribution in [1.82, 2.24) is 9.38 Å². The van der Waals surface area contributed by atoms with Crippen LogP contribution in [0.2, 0.25) is 0 Å². The van der Waals surface area contributed by atoms with Crippen LogP contribution in [0.3, 0.4) is 0 Å². The zero-order chi connectivity index (χ0) is 14.9. The summed E-state index contributed by atoms with van der Waals surface area (Å²) in [7, 11) is 0. The fraction of sp³-hybridized carbons (Fsp3) is 0. The fourth-order valence-corrected chi connectivity index (χ4v) is 2.57. The van der Waals surface area contributed by atoms with Crippen molar-refractivity contribution in [3.63, 3.8) is 0 Å². The predicted molar refractivity (Wildman–Crippen MR) is 84.5 cm³/mol. The SMILES string of the molecule is O=C(N=Nc1c2[nH]cccc2n2cccc12)c1ccccc1. The standard InChI is InChI=1S/C17H12N4O/c22-17(12-6-2-1-3-7-12)20-19-16-14-9-5-11-21(14)13-8-4-10-18-15(13)16/h1-11,18H. The van der Waals surface area contributed by atoms with Gasteiger partial charge in [0.2, 0.25) is 0 Å². The number of nitrogens with one attached hydrogen (secondary N) is 1. The Morgan fingerprint density at radius 1 is 0.955 bits per heavy atom. The number of aromatic amines is 1. The van der Waals surface area contributed by atoms with E-state index < -0.39 is 0 Å². The van der Waals surface area contributed by atoms with E-state index in [0.29, 0.717) is 11.3 Å². The molecule has 0 aliphatic carbocycles. The highest BCUT2D eigenvalue weighted by atomic mass is 16.1. The zero-order valence-corrected chi connectivity index (χ0v) is 11.6. The molecule has 0 aliphatic heterocycles. The maximum Gasteiger partial charge on any atom is 0.295 e. The van der Waals surface area contributed by atoms with Gasteiger partial charge in [-0.05, 0) is 36.4 Å². The molecule has 0 fully saturated rings. The van der Waals surface area contributed by atoms with Gasteiger partial charge >= 0.3 is 0 Å². The highest BCUT2D eigenvalue weighted by Crippen LogP contribution is 2.33. The minimum atomic E-state index is -0.351. The normalized spacial score (nSPS) is 11.6. The van der Waals surface area contributed by atoms with Gasteiger partial charge in [-0.2, -0.15) is 0 Å². The van der Waals surface area contributed by atoms with Gasteiger partial charge in [-0.25, -0.2) is 0 Å².